The minimum atomic E-state index is -0.872. The number of carbonyl (C=O) groups is 1. The van der Waals surface area contributed by atoms with Crippen molar-refractivity contribution in [1.82, 2.24) is 4.98 Å². The predicted octanol–water partition coefficient (Wildman–Crippen LogP) is 2.40. The minimum absolute atomic E-state index is 0.252. The second-order valence-corrected chi connectivity index (χ2v) is 3.44. The second kappa shape index (κ2) is 3.64. The number of carboxylic acid groups (broad SMARTS) is 1. The van der Waals surface area contributed by atoms with Crippen LogP contribution in [-0.2, 0) is 6.42 Å². The molecule has 1 rings (SSSR count). The van der Waals surface area contributed by atoms with Gasteiger partial charge < -0.3 is 10.1 Å². The summed E-state index contributed by atoms with van der Waals surface area (Å²) in [6.07, 6.45) is 0.840. The Morgan fingerprint density at radius 1 is 1.62 bits per heavy atom. The van der Waals surface area contributed by atoms with E-state index in [-0.39, 0.29) is 5.92 Å². The largest absolute Gasteiger partial charge is 0.477 e. The molecule has 13 heavy (non-hydrogen) atoms. The molecule has 0 bridgehead atoms. The molecule has 0 aliphatic carbocycles. The lowest BCUT2D eigenvalue weighted by Gasteiger charge is -2.01. The van der Waals surface area contributed by atoms with E-state index in [1.807, 2.05) is 26.8 Å². The SMILES string of the molecule is CCc1cc(C(C)C)c(C(=O)O)[nH]1. The van der Waals surface area contributed by atoms with Crippen LogP contribution in [0.25, 0.3) is 0 Å². The zero-order valence-corrected chi connectivity index (χ0v) is 8.22. The highest BCUT2D eigenvalue weighted by molar-refractivity contribution is 5.87. The average molecular weight is 181 g/mol. The van der Waals surface area contributed by atoms with Gasteiger partial charge >= 0.3 is 5.97 Å². The van der Waals surface area contributed by atoms with Crippen molar-refractivity contribution in [3.63, 3.8) is 0 Å². The molecule has 0 unspecified atom stereocenters. The zero-order valence-electron chi connectivity index (χ0n) is 8.22. The van der Waals surface area contributed by atoms with Gasteiger partial charge in [-0.2, -0.15) is 0 Å². The Morgan fingerprint density at radius 2 is 2.23 bits per heavy atom. The maximum atomic E-state index is 10.8. The highest BCUT2D eigenvalue weighted by atomic mass is 16.4. The normalized spacial score (nSPS) is 10.8. The molecule has 0 spiro atoms. The lowest BCUT2D eigenvalue weighted by molar-refractivity contribution is 0.0689. The van der Waals surface area contributed by atoms with Gasteiger partial charge in [0, 0.05) is 5.69 Å². The maximum absolute atomic E-state index is 10.8. The van der Waals surface area contributed by atoms with E-state index in [9.17, 15) is 4.79 Å². The summed E-state index contributed by atoms with van der Waals surface area (Å²) in [6, 6.07) is 1.94. The Labute approximate surface area is 77.8 Å². The zero-order chi connectivity index (χ0) is 10.0. The van der Waals surface area contributed by atoms with Crippen molar-refractivity contribution in [2.75, 3.05) is 0 Å². The van der Waals surface area contributed by atoms with Gasteiger partial charge in [-0.05, 0) is 24.0 Å². The summed E-state index contributed by atoms with van der Waals surface area (Å²) >= 11 is 0. The number of rotatable bonds is 3. The fourth-order valence-corrected chi connectivity index (χ4v) is 1.35. The smallest absolute Gasteiger partial charge is 0.352 e. The van der Waals surface area contributed by atoms with Crippen molar-refractivity contribution < 1.29 is 9.90 Å². The molecule has 72 valence electrons. The first-order chi connectivity index (χ1) is 6.06. The molecule has 0 radical (unpaired) electrons. The summed E-state index contributed by atoms with van der Waals surface area (Å²) < 4.78 is 0. The maximum Gasteiger partial charge on any atom is 0.352 e. The van der Waals surface area contributed by atoms with Gasteiger partial charge in [-0.25, -0.2) is 4.79 Å². The van der Waals surface area contributed by atoms with Gasteiger partial charge in [0.25, 0.3) is 0 Å². The van der Waals surface area contributed by atoms with Crippen LogP contribution in [0.5, 0.6) is 0 Å². The molecular weight excluding hydrogens is 166 g/mol. The number of carboxylic acids is 1. The molecule has 0 saturated carbocycles. The molecule has 3 nitrogen and oxygen atoms in total. The molecule has 0 aromatic carbocycles. The van der Waals surface area contributed by atoms with Gasteiger partial charge in [-0.1, -0.05) is 20.8 Å². The summed E-state index contributed by atoms with van der Waals surface area (Å²) in [5.74, 6) is -0.619. The Bertz CT molecular complexity index is 313. The van der Waals surface area contributed by atoms with E-state index < -0.39 is 5.97 Å². The van der Waals surface area contributed by atoms with Crippen LogP contribution in [0.1, 0.15) is 48.4 Å². The van der Waals surface area contributed by atoms with E-state index >= 15 is 0 Å². The first-order valence-corrected chi connectivity index (χ1v) is 4.51. The number of H-pyrrole nitrogens is 1. The lowest BCUT2D eigenvalue weighted by atomic mass is 10.0. The third-order valence-corrected chi connectivity index (χ3v) is 2.12. The molecule has 1 aromatic heterocycles. The molecule has 0 atom stereocenters. The number of aromatic carboxylic acids is 1. The molecule has 2 N–H and O–H groups in total. The van der Waals surface area contributed by atoms with Crippen LogP contribution in [0.4, 0.5) is 0 Å². The van der Waals surface area contributed by atoms with Crippen LogP contribution in [0.3, 0.4) is 0 Å². The quantitative estimate of drug-likeness (QED) is 0.752. The van der Waals surface area contributed by atoms with Crippen LogP contribution in [0.2, 0.25) is 0 Å². The van der Waals surface area contributed by atoms with Crippen LogP contribution >= 0.6 is 0 Å². The molecule has 0 amide bonds. The van der Waals surface area contributed by atoms with Gasteiger partial charge in [0.05, 0.1) is 0 Å². The molecular formula is C10H15NO2. The van der Waals surface area contributed by atoms with Gasteiger partial charge in [0.1, 0.15) is 5.69 Å². The van der Waals surface area contributed by atoms with Gasteiger partial charge in [-0.15, -0.1) is 0 Å². The predicted molar refractivity (Wildman–Crippen MR) is 51.2 cm³/mol. The van der Waals surface area contributed by atoms with Gasteiger partial charge in [-0.3, -0.25) is 0 Å². The Balaban J connectivity index is 3.15. The Hall–Kier alpha value is -1.25. The van der Waals surface area contributed by atoms with Crippen molar-refractivity contribution in [1.29, 1.82) is 0 Å². The first-order valence-electron chi connectivity index (χ1n) is 4.51. The molecule has 0 fully saturated rings. The van der Waals surface area contributed by atoms with Crippen molar-refractivity contribution in [3.05, 3.63) is 23.0 Å². The third-order valence-electron chi connectivity index (χ3n) is 2.12. The number of hydrogen-bond donors (Lipinski definition) is 2. The van der Waals surface area contributed by atoms with E-state index in [0.717, 1.165) is 17.7 Å². The summed E-state index contributed by atoms with van der Waals surface area (Å²) in [4.78, 5) is 13.7. The summed E-state index contributed by atoms with van der Waals surface area (Å²) in [7, 11) is 0. The topological polar surface area (TPSA) is 53.1 Å². The highest BCUT2D eigenvalue weighted by Crippen LogP contribution is 2.20. The van der Waals surface area contributed by atoms with Crippen LogP contribution in [-0.4, -0.2) is 16.1 Å². The van der Waals surface area contributed by atoms with E-state index in [4.69, 9.17) is 5.11 Å². The molecule has 3 heteroatoms. The van der Waals surface area contributed by atoms with E-state index in [1.54, 1.807) is 0 Å². The highest BCUT2D eigenvalue weighted by Gasteiger charge is 2.15. The summed E-state index contributed by atoms with van der Waals surface area (Å²) in [5.41, 5.74) is 2.22. The van der Waals surface area contributed by atoms with E-state index in [2.05, 4.69) is 4.98 Å². The molecule has 0 saturated heterocycles. The Morgan fingerprint density at radius 3 is 2.54 bits per heavy atom. The van der Waals surface area contributed by atoms with E-state index in [1.165, 1.54) is 0 Å². The number of hydrogen-bond acceptors (Lipinski definition) is 1. The lowest BCUT2D eigenvalue weighted by Crippen LogP contribution is -2.02. The van der Waals surface area contributed by atoms with Crippen molar-refractivity contribution in [2.24, 2.45) is 0 Å². The molecule has 1 aromatic rings. The third kappa shape index (κ3) is 1.91. The molecule has 0 aliphatic rings. The van der Waals surface area contributed by atoms with Crippen molar-refractivity contribution in [3.8, 4) is 0 Å². The van der Waals surface area contributed by atoms with Crippen molar-refractivity contribution >= 4 is 5.97 Å². The number of nitrogens with one attached hydrogen (secondary N) is 1. The van der Waals surface area contributed by atoms with E-state index in [0.29, 0.717) is 5.69 Å². The Kier molecular flexibility index (Phi) is 2.76. The second-order valence-electron chi connectivity index (χ2n) is 3.44. The monoisotopic (exact) mass is 181 g/mol. The number of aryl methyl sites for hydroxylation is 1. The number of aromatic amines is 1. The standard InChI is InChI=1S/C10H15NO2/c1-4-7-5-8(6(2)3)9(11-7)10(12)13/h5-6,11H,4H2,1-3H3,(H,12,13). The summed E-state index contributed by atoms with van der Waals surface area (Å²) in [5, 5.41) is 8.89. The van der Waals surface area contributed by atoms with Crippen LogP contribution in [0.15, 0.2) is 6.07 Å². The van der Waals surface area contributed by atoms with Crippen LogP contribution in [0, 0.1) is 0 Å². The van der Waals surface area contributed by atoms with Gasteiger partial charge in [0.15, 0.2) is 0 Å². The average Bonchev–Trinajstić information content (AvgIpc) is 2.47. The molecule has 1 heterocycles. The van der Waals surface area contributed by atoms with Crippen molar-refractivity contribution in [2.45, 2.75) is 33.1 Å². The van der Waals surface area contributed by atoms with Crippen LogP contribution < -0.4 is 0 Å². The number of aromatic nitrogens is 1. The fourth-order valence-electron chi connectivity index (χ4n) is 1.35. The minimum Gasteiger partial charge on any atom is -0.477 e. The summed E-state index contributed by atoms with van der Waals surface area (Å²) in [6.45, 7) is 5.99. The first kappa shape index (κ1) is 9.84. The fraction of sp³-hybridized carbons (Fsp3) is 0.500. The molecule has 0 aliphatic heterocycles. The van der Waals surface area contributed by atoms with Gasteiger partial charge in [0.2, 0.25) is 0 Å².